The summed E-state index contributed by atoms with van der Waals surface area (Å²) in [6, 6.07) is 12.0. The minimum Gasteiger partial charge on any atom is -0.497 e. The van der Waals surface area contributed by atoms with Gasteiger partial charge in [-0.25, -0.2) is 0 Å². The number of methoxy groups -OCH3 is 1. The summed E-state index contributed by atoms with van der Waals surface area (Å²) in [5.41, 5.74) is 6.49. The van der Waals surface area contributed by atoms with E-state index >= 15 is 0 Å². The first-order valence-corrected chi connectivity index (χ1v) is 7.08. The number of halogens is 1. The van der Waals surface area contributed by atoms with Gasteiger partial charge < -0.3 is 20.5 Å². The Labute approximate surface area is 134 Å². The summed E-state index contributed by atoms with van der Waals surface area (Å²) in [5, 5.41) is 3.09. The van der Waals surface area contributed by atoms with Crippen LogP contribution in [-0.4, -0.2) is 26.2 Å². The summed E-state index contributed by atoms with van der Waals surface area (Å²) >= 11 is 5.97. The standard InChI is InChI=1S/C16H17ClN2O3/c1-21-12-3-5-13(6-4-12)22-9-8-19-16(20)14-10-11(18)2-7-15(14)17/h2-7,10H,8-9,18H2,1H3,(H,19,20). The molecule has 0 heterocycles. The number of rotatable bonds is 6. The van der Waals surface area contributed by atoms with E-state index in [2.05, 4.69) is 5.32 Å². The second kappa shape index (κ2) is 7.56. The maximum Gasteiger partial charge on any atom is 0.252 e. The Balaban J connectivity index is 1.80. The summed E-state index contributed by atoms with van der Waals surface area (Å²) < 4.78 is 10.6. The van der Waals surface area contributed by atoms with Crippen LogP contribution < -0.4 is 20.5 Å². The number of anilines is 1. The predicted molar refractivity (Wildman–Crippen MR) is 86.7 cm³/mol. The molecular formula is C16H17ClN2O3. The Morgan fingerprint density at radius 1 is 1.18 bits per heavy atom. The minimum atomic E-state index is -0.282. The monoisotopic (exact) mass is 320 g/mol. The second-order valence-electron chi connectivity index (χ2n) is 4.52. The molecule has 0 fully saturated rings. The molecule has 0 bridgehead atoms. The van der Waals surface area contributed by atoms with Gasteiger partial charge in [0.25, 0.3) is 5.91 Å². The van der Waals surface area contributed by atoms with Gasteiger partial charge in [0.1, 0.15) is 18.1 Å². The maximum atomic E-state index is 12.0. The highest BCUT2D eigenvalue weighted by Crippen LogP contribution is 2.19. The molecule has 1 amide bonds. The normalized spacial score (nSPS) is 10.1. The molecule has 22 heavy (non-hydrogen) atoms. The SMILES string of the molecule is COc1ccc(OCCNC(=O)c2cc(N)ccc2Cl)cc1. The molecule has 6 heteroatoms. The molecule has 0 aliphatic heterocycles. The molecule has 2 aromatic rings. The van der Waals surface area contributed by atoms with Crippen LogP contribution >= 0.6 is 11.6 Å². The number of benzene rings is 2. The molecule has 0 unspecified atom stereocenters. The Kier molecular flexibility index (Phi) is 5.49. The van der Waals surface area contributed by atoms with Gasteiger partial charge in [-0.1, -0.05) is 11.6 Å². The van der Waals surface area contributed by atoms with Gasteiger partial charge in [-0.05, 0) is 42.5 Å². The Morgan fingerprint density at radius 3 is 2.55 bits per heavy atom. The third kappa shape index (κ3) is 4.30. The van der Waals surface area contributed by atoms with Gasteiger partial charge >= 0.3 is 0 Å². The molecule has 3 N–H and O–H groups in total. The van der Waals surface area contributed by atoms with E-state index in [4.69, 9.17) is 26.8 Å². The lowest BCUT2D eigenvalue weighted by molar-refractivity contribution is 0.0947. The van der Waals surface area contributed by atoms with Crippen LogP contribution in [0.2, 0.25) is 5.02 Å². The van der Waals surface area contributed by atoms with Gasteiger partial charge in [0.05, 0.1) is 24.2 Å². The first-order valence-electron chi connectivity index (χ1n) is 6.70. The number of ether oxygens (including phenoxy) is 2. The van der Waals surface area contributed by atoms with Crippen LogP contribution in [0, 0.1) is 0 Å². The zero-order valence-electron chi connectivity index (χ0n) is 12.1. The molecule has 116 valence electrons. The molecule has 0 aliphatic carbocycles. The van der Waals surface area contributed by atoms with Gasteiger partial charge in [0.2, 0.25) is 0 Å². The quantitative estimate of drug-likeness (QED) is 0.634. The van der Waals surface area contributed by atoms with E-state index in [-0.39, 0.29) is 5.91 Å². The fourth-order valence-corrected chi connectivity index (χ4v) is 2.02. The van der Waals surface area contributed by atoms with Crippen LogP contribution in [0.1, 0.15) is 10.4 Å². The van der Waals surface area contributed by atoms with Crippen LogP contribution in [0.25, 0.3) is 0 Å². The summed E-state index contributed by atoms with van der Waals surface area (Å²) in [5.74, 6) is 1.18. The first-order chi connectivity index (χ1) is 10.6. The fraction of sp³-hybridized carbons (Fsp3) is 0.188. The minimum absolute atomic E-state index is 0.282. The lowest BCUT2D eigenvalue weighted by Crippen LogP contribution is -2.28. The average molecular weight is 321 g/mol. The third-order valence-electron chi connectivity index (χ3n) is 2.95. The molecule has 0 atom stereocenters. The molecular weight excluding hydrogens is 304 g/mol. The van der Waals surface area contributed by atoms with Gasteiger partial charge in [0.15, 0.2) is 0 Å². The van der Waals surface area contributed by atoms with E-state index in [1.807, 2.05) is 0 Å². The van der Waals surface area contributed by atoms with E-state index < -0.39 is 0 Å². The van der Waals surface area contributed by atoms with Crippen LogP contribution in [-0.2, 0) is 0 Å². The van der Waals surface area contributed by atoms with Gasteiger partial charge in [-0.3, -0.25) is 4.79 Å². The van der Waals surface area contributed by atoms with E-state index in [0.717, 1.165) is 5.75 Å². The van der Waals surface area contributed by atoms with Crippen LogP contribution in [0.5, 0.6) is 11.5 Å². The second-order valence-corrected chi connectivity index (χ2v) is 4.93. The molecule has 0 aliphatic rings. The zero-order chi connectivity index (χ0) is 15.9. The van der Waals surface area contributed by atoms with Gasteiger partial charge in [-0.2, -0.15) is 0 Å². The van der Waals surface area contributed by atoms with Crippen LogP contribution in [0.4, 0.5) is 5.69 Å². The molecule has 0 saturated heterocycles. The number of carbonyl (C=O) groups is 1. The smallest absolute Gasteiger partial charge is 0.252 e. The Hall–Kier alpha value is -2.40. The maximum absolute atomic E-state index is 12.0. The topological polar surface area (TPSA) is 73.6 Å². The van der Waals surface area contributed by atoms with Crippen molar-refractivity contribution in [2.45, 2.75) is 0 Å². The van der Waals surface area contributed by atoms with Gasteiger partial charge in [0, 0.05) is 5.69 Å². The van der Waals surface area contributed by atoms with Crippen molar-refractivity contribution in [2.24, 2.45) is 0 Å². The zero-order valence-corrected chi connectivity index (χ0v) is 12.9. The van der Waals surface area contributed by atoms with E-state index in [1.54, 1.807) is 49.6 Å². The highest BCUT2D eigenvalue weighted by molar-refractivity contribution is 6.34. The molecule has 0 aromatic heterocycles. The average Bonchev–Trinajstić information content (AvgIpc) is 2.54. The van der Waals surface area contributed by atoms with E-state index in [9.17, 15) is 4.79 Å². The summed E-state index contributed by atoms with van der Waals surface area (Å²) in [7, 11) is 1.60. The van der Waals surface area contributed by atoms with Crippen molar-refractivity contribution in [2.75, 3.05) is 26.0 Å². The van der Waals surface area contributed by atoms with Crippen LogP contribution in [0.3, 0.4) is 0 Å². The molecule has 2 rings (SSSR count). The number of nitrogen functional groups attached to an aromatic ring is 1. The van der Waals surface area contributed by atoms with Crippen molar-refractivity contribution in [1.82, 2.24) is 5.32 Å². The molecule has 2 aromatic carbocycles. The van der Waals surface area contributed by atoms with Crippen molar-refractivity contribution in [3.8, 4) is 11.5 Å². The van der Waals surface area contributed by atoms with E-state index in [0.29, 0.717) is 35.2 Å². The van der Waals surface area contributed by atoms with Gasteiger partial charge in [-0.15, -0.1) is 0 Å². The number of carbonyl (C=O) groups excluding carboxylic acids is 1. The van der Waals surface area contributed by atoms with Crippen molar-refractivity contribution in [3.05, 3.63) is 53.1 Å². The highest BCUT2D eigenvalue weighted by Gasteiger charge is 2.10. The van der Waals surface area contributed by atoms with Crippen molar-refractivity contribution in [1.29, 1.82) is 0 Å². The highest BCUT2D eigenvalue weighted by atomic mass is 35.5. The lowest BCUT2D eigenvalue weighted by Gasteiger charge is -2.09. The number of nitrogens with one attached hydrogen (secondary N) is 1. The van der Waals surface area contributed by atoms with Crippen molar-refractivity contribution in [3.63, 3.8) is 0 Å². The van der Waals surface area contributed by atoms with E-state index in [1.165, 1.54) is 0 Å². The fourth-order valence-electron chi connectivity index (χ4n) is 1.82. The summed E-state index contributed by atoms with van der Waals surface area (Å²) in [6.45, 7) is 0.702. The first kappa shape index (κ1) is 16.0. The lowest BCUT2D eigenvalue weighted by atomic mass is 10.2. The summed E-state index contributed by atoms with van der Waals surface area (Å²) in [6.07, 6.45) is 0. The van der Waals surface area contributed by atoms with Crippen molar-refractivity contribution < 1.29 is 14.3 Å². The Morgan fingerprint density at radius 2 is 1.86 bits per heavy atom. The molecule has 5 nitrogen and oxygen atoms in total. The molecule has 0 saturated carbocycles. The molecule has 0 radical (unpaired) electrons. The number of hydrogen-bond donors (Lipinski definition) is 2. The number of nitrogens with two attached hydrogens (primary N) is 1. The largest absolute Gasteiger partial charge is 0.497 e. The number of hydrogen-bond acceptors (Lipinski definition) is 4. The molecule has 0 spiro atoms. The Bertz CT molecular complexity index is 644. The van der Waals surface area contributed by atoms with Crippen molar-refractivity contribution >= 4 is 23.2 Å². The predicted octanol–water partition coefficient (Wildman–Crippen LogP) is 2.74. The third-order valence-corrected chi connectivity index (χ3v) is 3.28. The number of amides is 1. The summed E-state index contributed by atoms with van der Waals surface area (Å²) in [4.78, 5) is 12.0. The van der Waals surface area contributed by atoms with Crippen LogP contribution in [0.15, 0.2) is 42.5 Å².